The van der Waals surface area contributed by atoms with E-state index in [9.17, 15) is 8.42 Å². The van der Waals surface area contributed by atoms with Gasteiger partial charge < -0.3 is 4.74 Å². The van der Waals surface area contributed by atoms with Gasteiger partial charge in [0.05, 0.1) is 11.5 Å². The van der Waals surface area contributed by atoms with Crippen molar-refractivity contribution in [3.8, 4) is 0 Å². The van der Waals surface area contributed by atoms with Gasteiger partial charge in [0.2, 0.25) is 10.0 Å². The lowest BCUT2D eigenvalue weighted by atomic mass is 10.2. The highest BCUT2D eigenvalue weighted by atomic mass is 32.2. The van der Waals surface area contributed by atoms with Gasteiger partial charge >= 0.3 is 0 Å². The maximum absolute atomic E-state index is 12.2. The molecule has 0 saturated heterocycles. The van der Waals surface area contributed by atoms with Crippen molar-refractivity contribution in [3.05, 3.63) is 66.2 Å². The van der Waals surface area contributed by atoms with Crippen LogP contribution in [0.15, 0.2) is 65.6 Å². The molecule has 0 aliphatic heterocycles. The second-order valence-electron chi connectivity index (χ2n) is 5.47. The Kier molecular flexibility index (Phi) is 7.39. The molecule has 0 fully saturated rings. The Hall–Kier alpha value is -1.73. The van der Waals surface area contributed by atoms with Crippen molar-refractivity contribution >= 4 is 10.0 Å². The van der Waals surface area contributed by atoms with Crippen molar-refractivity contribution in [3.63, 3.8) is 0 Å². The molecule has 0 bridgehead atoms. The van der Waals surface area contributed by atoms with Crippen LogP contribution in [-0.2, 0) is 21.3 Å². The summed E-state index contributed by atoms with van der Waals surface area (Å²) in [4.78, 5) is 2.46. The van der Waals surface area contributed by atoms with Crippen molar-refractivity contribution in [1.82, 2.24) is 9.62 Å². The number of hydrogen-bond donors (Lipinski definition) is 1. The van der Waals surface area contributed by atoms with E-state index in [0.717, 1.165) is 13.1 Å². The van der Waals surface area contributed by atoms with E-state index >= 15 is 0 Å². The molecule has 0 atom stereocenters. The van der Waals surface area contributed by atoms with Gasteiger partial charge in [-0.25, -0.2) is 13.1 Å². The zero-order valence-corrected chi connectivity index (χ0v) is 14.7. The summed E-state index contributed by atoms with van der Waals surface area (Å²) in [5, 5.41) is 0. The number of nitrogens with one attached hydrogen (secondary N) is 1. The van der Waals surface area contributed by atoms with E-state index in [-0.39, 0.29) is 4.90 Å². The average Bonchev–Trinajstić information content (AvgIpc) is 2.61. The molecule has 0 radical (unpaired) electrons. The number of methoxy groups -OCH3 is 1. The number of benzene rings is 2. The molecule has 130 valence electrons. The highest BCUT2D eigenvalue weighted by Crippen LogP contribution is 2.07. The van der Waals surface area contributed by atoms with Gasteiger partial charge in [0.15, 0.2) is 0 Å². The molecule has 0 amide bonds. The molecule has 0 spiro atoms. The molecule has 5 nitrogen and oxygen atoms in total. The van der Waals surface area contributed by atoms with Crippen molar-refractivity contribution in [1.29, 1.82) is 0 Å². The first-order valence-corrected chi connectivity index (χ1v) is 9.40. The Balaban J connectivity index is 1.90. The Bertz CT molecular complexity index is 691. The van der Waals surface area contributed by atoms with Crippen LogP contribution in [0.25, 0.3) is 0 Å². The van der Waals surface area contributed by atoms with Crippen molar-refractivity contribution in [2.45, 2.75) is 11.4 Å². The van der Waals surface area contributed by atoms with E-state index < -0.39 is 10.0 Å². The lowest BCUT2D eigenvalue weighted by Crippen LogP contribution is -2.36. The molecule has 24 heavy (non-hydrogen) atoms. The maximum atomic E-state index is 12.2. The number of hydrogen-bond acceptors (Lipinski definition) is 4. The van der Waals surface area contributed by atoms with Gasteiger partial charge in [-0.1, -0.05) is 48.5 Å². The van der Waals surface area contributed by atoms with Crippen LogP contribution in [-0.4, -0.2) is 46.7 Å². The van der Waals surface area contributed by atoms with Crippen LogP contribution >= 0.6 is 0 Å². The van der Waals surface area contributed by atoms with Crippen molar-refractivity contribution < 1.29 is 13.2 Å². The fourth-order valence-corrected chi connectivity index (χ4v) is 3.40. The molecule has 6 heteroatoms. The molecule has 2 aromatic carbocycles. The molecular weight excluding hydrogens is 324 g/mol. The standard InChI is InChI=1S/C18H24N2O3S/c1-23-15-14-20(16-17-8-4-2-5-9-17)13-12-19-24(21,22)18-10-6-3-7-11-18/h2-11,19H,12-16H2,1H3. The fraction of sp³-hybridized carbons (Fsp3) is 0.333. The zero-order chi connectivity index (χ0) is 17.3. The molecule has 1 N–H and O–H groups in total. The molecule has 2 rings (SSSR count). The summed E-state index contributed by atoms with van der Waals surface area (Å²) in [5.41, 5.74) is 1.19. The monoisotopic (exact) mass is 348 g/mol. The second kappa shape index (κ2) is 9.54. The highest BCUT2D eigenvalue weighted by molar-refractivity contribution is 7.89. The van der Waals surface area contributed by atoms with Crippen LogP contribution in [0.5, 0.6) is 0 Å². The average molecular weight is 348 g/mol. The minimum Gasteiger partial charge on any atom is -0.383 e. The first-order valence-electron chi connectivity index (χ1n) is 7.92. The molecular formula is C18H24N2O3S. The van der Waals surface area contributed by atoms with Gasteiger partial charge in [-0.2, -0.15) is 0 Å². The summed E-state index contributed by atoms with van der Waals surface area (Å²) < 4.78 is 32.3. The van der Waals surface area contributed by atoms with E-state index in [1.54, 1.807) is 37.4 Å². The summed E-state index contributed by atoms with van der Waals surface area (Å²) in [5.74, 6) is 0. The molecule has 0 heterocycles. The van der Waals surface area contributed by atoms with Gasteiger partial charge in [-0.15, -0.1) is 0 Å². The SMILES string of the molecule is COCCN(CCNS(=O)(=O)c1ccccc1)Cc1ccccc1. The molecule has 0 aliphatic rings. The summed E-state index contributed by atoms with van der Waals surface area (Å²) in [6, 6.07) is 18.5. The van der Waals surface area contributed by atoms with Crippen molar-refractivity contribution in [2.24, 2.45) is 0 Å². The van der Waals surface area contributed by atoms with Crippen LogP contribution in [0.1, 0.15) is 5.56 Å². The van der Waals surface area contributed by atoms with E-state index in [4.69, 9.17) is 4.74 Å². The lowest BCUT2D eigenvalue weighted by molar-refractivity contribution is 0.145. The normalized spacial score (nSPS) is 11.8. The quantitative estimate of drug-likeness (QED) is 0.714. The Morgan fingerprint density at radius 2 is 1.58 bits per heavy atom. The first kappa shape index (κ1) is 18.6. The molecule has 0 aliphatic carbocycles. The fourth-order valence-electron chi connectivity index (χ4n) is 2.35. The number of rotatable bonds is 10. The van der Waals surface area contributed by atoms with E-state index in [1.807, 2.05) is 18.2 Å². The third-order valence-corrected chi connectivity index (χ3v) is 5.11. The summed E-state index contributed by atoms with van der Waals surface area (Å²) >= 11 is 0. The molecule has 0 saturated carbocycles. The largest absolute Gasteiger partial charge is 0.383 e. The van der Waals surface area contributed by atoms with Gasteiger partial charge in [-0.3, -0.25) is 4.90 Å². The number of ether oxygens (including phenoxy) is 1. The third-order valence-electron chi connectivity index (χ3n) is 3.63. The molecule has 0 aromatic heterocycles. The lowest BCUT2D eigenvalue weighted by Gasteiger charge is -2.22. The third kappa shape index (κ3) is 6.05. The highest BCUT2D eigenvalue weighted by Gasteiger charge is 2.13. The molecule has 0 unspecified atom stereocenters. The molecule has 2 aromatic rings. The smallest absolute Gasteiger partial charge is 0.240 e. The van der Waals surface area contributed by atoms with Crippen molar-refractivity contribution in [2.75, 3.05) is 33.4 Å². The summed E-state index contributed by atoms with van der Waals surface area (Å²) in [7, 11) is -1.79. The number of sulfonamides is 1. The summed E-state index contributed by atoms with van der Waals surface area (Å²) in [6.07, 6.45) is 0. The Morgan fingerprint density at radius 3 is 2.21 bits per heavy atom. The minimum atomic E-state index is -3.46. The number of nitrogens with zero attached hydrogens (tertiary/aromatic N) is 1. The van der Waals surface area contributed by atoms with E-state index in [0.29, 0.717) is 19.7 Å². The topological polar surface area (TPSA) is 58.6 Å². The van der Waals surface area contributed by atoms with Gasteiger partial charge in [0, 0.05) is 33.3 Å². The van der Waals surface area contributed by atoms with Gasteiger partial charge in [-0.05, 0) is 17.7 Å². The van der Waals surface area contributed by atoms with Crippen LogP contribution < -0.4 is 4.72 Å². The predicted molar refractivity (Wildman–Crippen MR) is 95.2 cm³/mol. The predicted octanol–water partition coefficient (Wildman–Crippen LogP) is 2.11. The maximum Gasteiger partial charge on any atom is 0.240 e. The van der Waals surface area contributed by atoms with E-state index in [1.165, 1.54) is 5.56 Å². The van der Waals surface area contributed by atoms with Crippen LogP contribution in [0.2, 0.25) is 0 Å². The Morgan fingerprint density at radius 1 is 0.958 bits per heavy atom. The van der Waals surface area contributed by atoms with Crippen LogP contribution in [0.3, 0.4) is 0 Å². The zero-order valence-electron chi connectivity index (χ0n) is 13.9. The second-order valence-corrected chi connectivity index (χ2v) is 7.23. The van der Waals surface area contributed by atoms with Crippen LogP contribution in [0.4, 0.5) is 0 Å². The first-order chi connectivity index (χ1) is 11.6. The Labute approximate surface area is 144 Å². The van der Waals surface area contributed by atoms with Gasteiger partial charge in [0.25, 0.3) is 0 Å². The van der Waals surface area contributed by atoms with E-state index in [2.05, 4.69) is 21.8 Å². The summed E-state index contributed by atoms with van der Waals surface area (Å²) in [6.45, 7) is 3.09. The van der Waals surface area contributed by atoms with Crippen LogP contribution in [0, 0.1) is 0 Å². The minimum absolute atomic E-state index is 0.288. The van der Waals surface area contributed by atoms with Gasteiger partial charge in [0.1, 0.15) is 0 Å².